The van der Waals surface area contributed by atoms with Gasteiger partial charge in [0.2, 0.25) is 0 Å². The number of phenols is 1. The lowest BCUT2D eigenvalue weighted by atomic mass is 9.69. The normalized spacial score (nSPS) is 23.5. The van der Waals surface area contributed by atoms with E-state index in [1.807, 2.05) is 6.07 Å². The molecule has 0 spiro atoms. The van der Waals surface area contributed by atoms with Crippen LogP contribution in [-0.2, 0) is 5.41 Å². The van der Waals surface area contributed by atoms with E-state index in [4.69, 9.17) is 0 Å². The van der Waals surface area contributed by atoms with Crippen LogP contribution in [0.5, 0.6) is 5.75 Å². The largest absolute Gasteiger partial charge is 0.508 e. The van der Waals surface area contributed by atoms with Gasteiger partial charge in [0.05, 0.1) is 0 Å². The van der Waals surface area contributed by atoms with Crippen molar-refractivity contribution in [3.63, 3.8) is 0 Å². The first-order valence-corrected chi connectivity index (χ1v) is 11.3. The summed E-state index contributed by atoms with van der Waals surface area (Å²) in [6, 6.07) is 6.50. The summed E-state index contributed by atoms with van der Waals surface area (Å²) in [7, 11) is 0. The Morgan fingerprint density at radius 1 is 1.07 bits per heavy atom. The van der Waals surface area contributed by atoms with Crippen molar-refractivity contribution >= 4 is 0 Å². The standard InChI is InChI=1S/C25H42O2/c1-5-6-7-8-15-25(3,4)21-13-14-22(24(27)18-21)23-17-19(2)11-12-20(23)10-9-16-26/h13-14,18-20,23,26-27H,5-12,15-17H2,1-4H3. The highest BCUT2D eigenvalue weighted by Crippen LogP contribution is 2.46. The molecule has 2 N–H and O–H groups in total. The Bertz CT molecular complexity index is 561. The zero-order chi connectivity index (χ0) is 19.9. The number of aliphatic hydroxyl groups is 1. The van der Waals surface area contributed by atoms with Crippen LogP contribution in [-0.4, -0.2) is 16.8 Å². The molecule has 0 aliphatic heterocycles. The molecule has 2 heteroatoms. The van der Waals surface area contributed by atoms with Crippen molar-refractivity contribution in [3.8, 4) is 5.75 Å². The van der Waals surface area contributed by atoms with Crippen LogP contribution in [0.1, 0.15) is 109 Å². The minimum absolute atomic E-state index is 0.111. The van der Waals surface area contributed by atoms with Gasteiger partial charge in [-0.05, 0) is 72.5 Å². The van der Waals surface area contributed by atoms with Crippen molar-refractivity contribution in [1.82, 2.24) is 0 Å². The number of rotatable bonds is 10. The predicted molar refractivity (Wildman–Crippen MR) is 115 cm³/mol. The van der Waals surface area contributed by atoms with Gasteiger partial charge >= 0.3 is 0 Å². The van der Waals surface area contributed by atoms with Gasteiger partial charge in [0, 0.05) is 6.61 Å². The predicted octanol–water partition coefficient (Wildman–Crippen LogP) is 6.93. The van der Waals surface area contributed by atoms with E-state index < -0.39 is 0 Å². The van der Waals surface area contributed by atoms with Gasteiger partial charge in [-0.25, -0.2) is 0 Å². The number of benzene rings is 1. The molecule has 3 unspecified atom stereocenters. The van der Waals surface area contributed by atoms with E-state index in [-0.39, 0.29) is 12.0 Å². The molecule has 1 aliphatic carbocycles. The second kappa shape index (κ2) is 10.5. The fraction of sp³-hybridized carbons (Fsp3) is 0.760. The van der Waals surface area contributed by atoms with Crippen LogP contribution in [0.25, 0.3) is 0 Å². The smallest absolute Gasteiger partial charge is 0.119 e. The number of phenolic OH excluding ortho intramolecular Hbond substituents is 1. The van der Waals surface area contributed by atoms with Gasteiger partial charge in [-0.1, -0.05) is 71.9 Å². The van der Waals surface area contributed by atoms with E-state index in [0.29, 0.717) is 17.6 Å². The Kier molecular flexibility index (Phi) is 8.66. The maximum absolute atomic E-state index is 10.9. The van der Waals surface area contributed by atoms with E-state index in [2.05, 4.69) is 39.8 Å². The molecule has 1 aliphatic rings. The maximum atomic E-state index is 10.9. The Balaban J connectivity index is 2.13. The number of unbranched alkanes of at least 4 members (excludes halogenated alkanes) is 3. The molecule has 154 valence electrons. The van der Waals surface area contributed by atoms with Crippen LogP contribution in [0.4, 0.5) is 0 Å². The summed E-state index contributed by atoms with van der Waals surface area (Å²) < 4.78 is 0. The SMILES string of the molecule is CCCCCCC(C)(C)c1ccc(C2CC(C)CCC2CCCO)c(O)c1. The molecule has 0 aromatic heterocycles. The average molecular weight is 375 g/mol. The second-order valence-corrected chi connectivity index (χ2v) is 9.62. The summed E-state index contributed by atoms with van der Waals surface area (Å²) in [5.74, 6) is 2.23. The summed E-state index contributed by atoms with van der Waals surface area (Å²) in [6.07, 6.45) is 11.9. The molecule has 0 bridgehead atoms. The van der Waals surface area contributed by atoms with Gasteiger partial charge in [-0.3, -0.25) is 0 Å². The van der Waals surface area contributed by atoms with E-state index in [0.717, 1.165) is 30.7 Å². The van der Waals surface area contributed by atoms with E-state index in [9.17, 15) is 10.2 Å². The highest BCUT2D eigenvalue weighted by Gasteiger charge is 2.31. The van der Waals surface area contributed by atoms with Crippen LogP contribution in [0.2, 0.25) is 0 Å². The molecule has 1 fully saturated rings. The van der Waals surface area contributed by atoms with Crippen LogP contribution < -0.4 is 0 Å². The van der Waals surface area contributed by atoms with Crippen molar-refractivity contribution in [2.45, 2.75) is 103 Å². The first-order valence-electron chi connectivity index (χ1n) is 11.3. The van der Waals surface area contributed by atoms with Crippen molar-refractivity contribution < 1.29 is 10.2 Å². The third-order valence-corrected chi connectivity index (χ3v) is 6.86. The monoisotopic (exact) mass is 374 g/mol. The van der Waals surface area contributed by atoms with Crippen molar-refractivity contribution in [2.75, 3.05) is 6.61 Å². The molecule has 2 rings (SSSR count). The molecule has 0 radical (unpaired) electrons. The summed E-state index contributed by atoms with van der Waals surface area (Å²) in [5.41, 5.74) is 2.51. The van der Waals surface area contributed by atoms with Crippen molar-refractivity contribution in [1.29, 1.82) is 0 Å². The Labute approximate surface area is 167 Å². The summed E-state index contributed by atoms with van der Waals surface area (Å²) in [6.45, 7) is 9.47. The average Bonchev–Trinajstić information content (AvgIpc) is 2.64. The minimum Gasteiger partial charge on any atom is -0.508 e. The van der Waals surface area contributed by atoms with E-state index >= 15 is 0 Å². The maximum Gasteiger partial charge on any atom is 0.119 e. The summed E-state index contributed by atoms with van der Waals surface area (Å²) in [4.78, 5) is 0. The van der Waals surface area contributed by atoms with Crippen LogP contribution >= 0.6 is 0 Å². The summed E-state index contributed by atoms with van der Waals surface area (Å²) >= 11 is 0. The molecule has 0 saturated heterocycles. The second-order valence-electron chi connectivity index (χ2n) is 9.62. The topological polar surface area (TPSA) is 40.5 Å². The van der Waals surface area contributed by atoms with Gasteiger partial charge in [-0.15, -0.1) is 0 Å². The van der Waals surface area contributed by atoms with E-state index in [1.165, 1.54) is 50.5 Å². The lowest BCUT2D eigenvalue weighted by Gasteiger charge is -2.36. The quantitative estimate of drug-likeness (QED) is 0.436. The number of aromatic hydroxyl groups is 1. The highest BCUT2D eigenvalue weighted by molar-refractivity contribution is 5.42. The Morgan fingerprint density at radius 3 is 2.52 bits per heavy atom. The molecular weight excluding hydrogens is 332 g/mol. The zero-order valence-electron chi connectivity index (χ0n) is 18.1. The van der Waals surface area contributed by atoms with Crippen LogP contribution in [0, 0.1) is 11.8 Å². The van der Waals surface area contributed by atoms with Crippen LogP contribution in [0.15, 0.2) is 18.2 Å². The lowest BCUT2D eigenvalue weighted by Crippen LogP contribution is -2.23. The molecule has 2 nitrogen and oxygen atoms in total. The first kappa shape index (κ1) is 22.3. The van der Waals surface area contributed by atoms with Gasteiger partial charge in [-0.2, -0.15) is 0 Å². The fourth-order valence-corrected chi connectivity index (χ4v) is 4.94. The van der Waals surface area contributed by atoms with Gasteiger partial charge < -0.3 is 10.2 Å². The summed E-state index contributed by atoms with van der Waals surface area (Å²) in [5, 5.41) is 20.1. The molecule has 27 heavy (non-hydrogen) atoms. The third-order valence-electron chi connectivity index (χ3n) is 6.86. The first-order chi connectivity index (χ1) is 12.9. The van der Waals surface area contributed by atoms with Gasteiger partial charge in [0.25, 0.3) is 0 Å². The molecule has 1 aromatic carbocycles. The fourth-order valence-electron chi connectivity index (χ4n) is 4.94. The number of aliphatic hydroxyl groups excluding tert-OH is 1. The van der Waals surface area contributed by atoms with Gasteiger partial charge in [0.15, 0.2) is 0 Å². The van der Waals surface area contributed by atoms with Gasteiger partial charge in [0.1, 0.15) is 5.75 Å². The minimum atomic E-state index is 0.111. The molecule has 3 atom stereocenters. The lowest BCUT2D eigenvalue weighted by molar-refractivity contribution is 0.207. The molecular formula is C25H42O2. The highest BCUT2D eigenvalue weighted by atomic mass is 16.3. The molecule has 1 aromatic rings. The molecule has 1 saturated carbocycles. The van der Waals surface area contributed by atoms with E-state index in [1.54, 1.807) is 0 Å². The van der Waals surface area contributed by atoms with Crippen molar-refractivity contribution in [2.24, 2.45) is 11.8 Å². The molecule has 0 amide bonds. The zero-order valence-corrected chi connectivity index (χ0v) is 18.1. The number of hydrogen-bond donors (Lipinski definition) is 2. The third kappa shape index (κ3) is 6.24. The Morgan fingerprint density at radius 2 is 1.85 bits per heavy atom. The van der Waals surface area contributed by atoms with Crippen LogP contribution in [0.3, 0.4) is 0 Å². The van der Waals surface area contributed by atoms with Crippen molar-refractivity contribution in [3.05, 3.63) is 29.3 Å². The Hall–Kier alpha value is -1.02. The number of hydrogen-bond acceptors (Lipinski definition) is 2. The molecule has 0 heterocycles.